The topological polar surface area (TPSA) is 95.5 Å². The van der Waals surface area contributed by atoms with Crippen molar-refractivity contribution in [3.05, 3.63) is 47.3 Å². The molecule has 0 aliphatic carbocycles. The molecule has 1 N–H and O–H groups in total. The van der Waals surface area contributed by atoms with Crippen molar-refractivity contribution in [2.75, 3.05) is 26.1 Å². The lowest BCUT2D eigenvalue weighted by atomic mass is 9.98. The van der Waals surface area contributed by atoms with E-state index in [9.17, 15) is 13.6 Å². The van der Waals surface area contributed by atoms with Gasteiger partial charge in [0, 0.05) is 24.6 Å². The number of halogens is 2. The average molecular weight is 450 g/mol. The van der Waals surface area contributed by atoms with Crippen LogP contribution in [-0.4, -0.2) is 48.0 Å². The maximum atomic E-state index is 14.7. The van der Waals surface area contributed by atoms with Crippen LogP contribution in [-0.2, 0) is 4.74 Å². The number of aromatic nitrogens is 3. The molecular formula is C20H20F2N4O4S. The summed E-state index contributed by atoms with van der Waals surface area (Å²) < 4.78 is 44.3. The summed E-state index contributed by atoms with van der Waals surface area (Å²) in [5.74, 6) is -2.73. The van der Waals surface area contributed by atoms with E-state index in [1.165, 1.54) is 25.4 Å². The smallest absolute Gasteiger partial charge is 0.295 e. The monoisotopic (exact) mass is 450 g/mol. The molecule has 0 aliphatic heterocycles. The van der Waals surface area contributed by atoms with Gasteiger partial charge >= 0.3 is 0 Å². The molecule has 1 aromatic carbocycles. The number of pyridine rings is 1. The van der Waals surface area contributed by atoms with Crippen molar-refractivity contribution in [2.45, 2.75) is 20.0 Å². The van der Waals surface area contributed by atoms with Crippen LogP contribution in [0.25, 0.3) is 11.1 Å². The Morgan fingerprint density at radius 1 is 1.26 bits per heavy atom. The van der Waals surface area contributed by atoms with Gasteiger partial charge in [-0.1, -0.05) is 5.10 Å². The number of aryl methyl sites for hydroxylation is 1. The molecule has 0 spiro atoms. The Labute approximate surface area is 181 Å². The van der Waals surface area contributed by atoms with Crippen LogP contribution in [0.3, 0.4) is 0 Å². The van der Waals surface area contributed by atoms with E-state index < -0.39 is 17.5 Å². The number of benzene rings is 1. The van der Waals surface area contributed by atoms with Gasteiger partial charge in [-0.05, 0) is 43.4 Å². The summed E-state index contributed by atoms with van der Waals surface area (Å²) in [5, 5.41) is 10.7. The Morgan fingerprint density at radius 2 is 2.03 bits per heavy atom. The van der Waals surface area contributed by atoms with Gasteiger partial charge in [-0.2, -0.15) is 0 Å². The Morgan fingerprint density at radius 3 is 2.74 bits per heavy atom. The second kappa shape index (κ2) is 9.75. The van der Waals surface area contributed by atoms with Crippen LogP contribution in [0.5, 0.6) is 10.9 Å². The third kappa shape index (κ3) is 5.12. The molecule has 0 bridgehead atoms. The van der Waals surface area contributed by atoms with Gasteiger partial charge in [0.15, 0.2) is 11.6 Å². The van der Waals surface area contributed by atoms with Crippen molar-refractivity contribution < 1.29 is 27.8 Å². The first-order chi connectivity index (χ1) is 14.8. The van der Waals surface area contributed by atoms with Crippen molar-refractivity contribution in [1.82, 2.24) is 15.2 Å². The zero-order valence-electron chi connectivity index (χ0n) is 17.2. The van der Waals surface area contributed by atoms with E-state index in [1.54, 1.807) is 14.0 Å². The Hall–Kier alpha value is -3.18. The number of anilines is 1. The lowest BCUT2D eigenvalue weighted by Gasteiger charge is -2.14. The summed E-state index contributed by atoms with van der Waals surface area (Å²) >= 11 is 1.02. The van der Waals surface area contributed by atoms with Crippen molar-refractivity contribution >= 4 is 22.4 Å². The predicted octanol–water partition coefficient (Wildman–Crippen LogP) is 3.86. The zero-order chi connectivity index (χ0) is 22.5. The fourth-order valence-corrected chi connectivity index (χ4v) is 3.24. The predicted molar refractivity (Wildman–Crippen MR) is 111 cm³/mol. The number of nitrogens with one attached hydrogen (secondary N) is 1. The van der Waals surface area contributed by atoms with Gasteiger partial charge in [0.2, 0.25) is 5.13 Å². The normalized spacial score (nSPS) is 11.8. The molecule has 2 aromatic heterocycles. The molecule has 0 radical (unpaired) electrons. The summed E-state index contributed by atoms with van der Waals surface area (Å²) in [7, 11) is 2.89. The molecule has 0 aliphatic rings. The molecule has 0 saturated heterocycles. The minimum Gasteiger partial charge on any atom is -0.496 e. The van der Waals surface area contributed by atoms with Crippen LogP contribution in [0, 0.1) is 18.6 Å². The molecule has 1 unspecified atom stereocenters. The lowest BCUT2D eigenvalue weighted by molar-refractivity contribution is 0.0713. The fraction of sp³-hybridized carbons (Fsp3) is 0.300. The number of ether oxygens (including phenoxy) is 3. The number of methoxy groups -OCH3 is 2. The van der Waals surface area contributed by atoms with Crippen molar-refractivity contribution in [1.29, 1.82) is 0 Å². The van der Waals surface area contributed by atoms with Gasteiger partial charge in [-0.15, -0.1) is 5.10 Å². The molecule has 0 fully saturated rings. The Balaban J connectivity index is 1.91. The molecule has 2 heterocycles. The van der Waals surface area contributed by atoms with Crippen molar-refractivity contribution in [2.24, 2.45) is 0 Å². The molecule has 1 atom stereocenters. The number of hydrogen-bond acceptors (Lipinski definition) is 8. The first-order valence-corrected chi connectivity index (χ1v) is 9.95. The van der Waals surface area contributed by atoms with Gasteiger partial charge in [0.05, 0.1) is 24.3 Å². The number of nitrogens with zero attached hydrogens (tertiary/aromatic N) is 3. The molecule has 31 heavy (non-hydrogen) atoms. The van der Waals surface area contributed by atoms with E-state index in [1.807, 2.05) is 6.92 Å². The van der Waals surface area contributed by atoms with E-state index in [0.29, 0.717) is 5.69 Å². The largest absolute Gasteiger partial charge is 0.496 e. The molecule has 11 heteroatoms. The van der Waals surface area contributed by atoms with Crippen LogP contribution in [0.1, 0.15) is 23.0 Å². The molecular weight excluding hydrogens is 430 g/mol. The van der Waals surface area contributed by atoms with Gasteiger partial charge < -0.3 is 14.2 Å². The second-order valence-corrected chi connectivity index (χ2v) is 7.43. The highest BCUT2D eigenvalue weighted by Gasteiger charge is 2.23. The molecule has 0 saturated carbocycles. The number of carbonyl (C=O) groups is 1. The van der Waals surface area contributed by atoms with Crippen molar-refractivity contribution in [3.8, 4) is 22.1 Å². The summed E-state index contributed by atoms with van der Waals surface area (Å²) in [6.07, 6.45) is 1.14. The van der Waals surface area contributed by atoms with Crippen LogP contribution < -0.4 is 14.8 Å². The summed E-state index contributed by atoms with van der Waals surface area (Å²) in [5.41, 5.74) is 0.483. The van der Waals surface area contributed by atoms with E-state index in [0.717, 1.165) is 17.4 Å². The minimum atomic E-state index is -1.13. The highest BCUT2D eigenvalue weighted by molar-refractivity contribution is 7.17. The maximum Gasteiger partial charge on any atom is 0.295 e. The fourth-order valence-electron chi connectivity index (χ4n) is 2.64. The standard InChI is InChI=1S/C20H20F2N4O4S/c1-10-7-12(16-15(29-4)6-5-14(21)17(16)22)13(8-23-10)18(27)24-19-25-26-20(31-19)30-9-11(2)28-3/h5-8,11H,9H2,1-4H3,(H,24,25,27). The zero-order valence-corrected chi connectivity index (χ0v) is 18.0. The number of hydrogen-bond donors (Lipinski definition) is 1. The Kier molecular flexibility index (Phi) is 7.08. The summed E-state index contributed by atoms with van der Waals surface area (Å²) in [4.78, 5) is 17.0. The van der Waals surface area contributed by atoms with E-state index in [4.69, 9.17) is 14.2 Å². The van der Waals surface area contributed by atoms with Crippen LogP contribution in [0.4, 0.5) is 13.9 Å². The minimum absolute atomic E-state index is 0.0130. The highest BCUT2D eigenvalue weighted by Crippen LogP contribution is 2.36. The number of carbonyl (C=O) groups excluding carboxylic acids is 1. The van der Waals surface area contributed by atoms with Gasteiger partial charge in [0.1, 0.15) is 12.4 Å². The van der Waals surface area contributed by atoms with E-state index in [2.05, 4.69) is 20.5 Å². The third-order valence-corrected chi connectivity index (χ3v) is 5.05. The third-order valence-electron chi connectivity index (χ3n) is 4.30. The highest BCUT2D eigenvalue weighted by atomic mass is 32.1. The first kappa shape index (κ1) is 22.5. The van der Waals surface area contributed by atoms with Gasteiger partial charge in [0.25, 0.3) is 11.1 Å². The molecule has 3 rings (SSSR count). The van der Waals surface area contributed by atoms with E-state index in [-0.39, 0.29) is 45.5 Å². The van der Waals surface area contributed by atoms with Crippen LogP contribution in [0.2, 0.25) is 0 Å². The SMILES string of the molecule is COc1ccc(F)c(F)c1-c1cc(C)ncc1C(=O)Nc1nnc(OCC(C)OC)s1. The second-order valence-electron chi connectivity index (χ2n) is 6.49. The maximum absolute atomic E-state index is 14.7. The molecule has 164 valence electrons. The van der Waals surface area contributed by atoms with Gasteiger partial charge in [-0.25, -0.2) is 8.78 Å². The van der Waals surface area contributed by atoms with E-state index >= 15 is 0 Å². The van der Waals surface area contributed by atoms with Gasteiger partial charge in [-0.3, -0.25) is 15.1 Å². The van der Waals surface area contributed by atoms with Crippen molar-refractivity contribution in [3.63, 3.8) is 0 Å². The van der Waals surface area contributed by atoms with Crippen LogP contribution >= 0.6 is 11.3 Å². The average Bonchev–Trinajstić information content (AvgIpc) is 3.20. The molecule has 1 amide bonds. The summed E-state index contributed by atoms with van der Waals surface area (Å²) in [6, 6.07) is 3.73. The Bertz CT molecular complexity index is 1090. The quantitative estimate of drug-likeness (QED) is 0.557. The lowest BCUT2D eigenvalue weighted by Crippen LogP contribution is -2.15. The number of amides is 1. The number of rotatable bonds is 8. The first-order valence-electron chi connectivity index (χ1n) is 9.13. The molecule has 3 aromatic rings. The summed E-state index contributed by atoms with van der Waals surface area (Å²) in [6.45, 7) is 3.77. The molecule has 8 nitrogen and oxygen atoms in total. The van der Waals surface area contributed by atoms with Crippen LogP contribution in [0.15, 0.2) is 24.4 Å².